The van der Waals surface area contributed by atoms with Gasteiger partial charge in [0.1, 0.15) is 0 Å². The molecular weight excluding hydrogens is 357 g/mol. The van der Waals surface area contributed by atoms with Gasteiger partial charge in [-0.1, -0.05) is 30.3 Å². The Kier molecular flexibility index (Phi) is 4.33. The Labute approximate surface area is 153 Å². The molecule has 3 aromatic rings. The standard InChI is InChI=1S/C19H17F3N4O/c20-19(21,22)16-11-14(13-7-3-1-4-8-13)23-17-12-15(24-26(16)17)18(27)25-9-5-2-6-10-25/h1,3-4,7-8,11-12H,2,5-6,9-10H2. The summed E-state index contributed by atoms with van der Waals surface area (Å²) in [6, 6.07) is 10.9. The highest BCUT2D eigenvalue weighted by molar-refractivity contribution is 5.93. The second-order valence-electron chi connectivity index (χ2n) is 6.54. The van der Waals surface area contributed by atoms with Gasteiger partial charge in [-0.15, -0.1) is 0 Å². The monoisotopic (exact) mass is 374 g/mol. The number of hydrogen-bond acceptors (Lipinski definition) is 3. The number of rotatable bonds is 2. The van der Waals surface area contributed by atoms with E-state index in [9.17, 15) is 18.0 Å². The van der Waals surface area contributed by atoms with E-state index in [1.807, 2.05) is 0 Å². The lowest BCUT2D eigenvalue weighted by Crippen LogP contribution is -2.35. The lowest BCUT2D eigenvalue weighted by atomic mass is 10.1. The zero-order valence-corrected chi connectivity index (χ0v) is 14.4. The molecule has 0 atom stereocenters. The summed E-state index contributed by atoms with van der Waals surface area (Å²) < 4.78 is 41.5. The molecule has 27 heavy (non-hydrogen) atoms. The summed E-state index contributed by atoms with van der Waals surface area (Å²) in [7, 11) is 0. The first-order chi connectivity index (χ1) is 12.9. The van der Waals surface area contributed by atoms with Crippen molar-refractivity contribution in [1.29, 1.82) is 0 Å². The topological polar surface area (TPSA) is 50.5 Å². The number of halogens is 3. The molecule has 1 aliphatic heterocycles. The van der Waals surface area contributed by atoms with Crippen LogP contribution in [-0.4, -0.2) is 38.5 Å². The first-order valence-corrected chi connectivity index (χ1v) is 8.76. The summed E-state index contributed by atoms with van der Waals surface area (Å²) in [6.07, 6.45) is -1.79. The first-order valence-electron chi connectivity index (χ1n) is 8.76. The number of alkyl halides is 3. The summed E-state index contributed by atoms with van der Waals surface area (Å²) in [6.45, 7) is 1.20. The molecule has 1 fully saturated rings. The molecule has 0 radical (unpaired) electrons. The lowest BCUT2D eigenvalue weighted by Gasteiger charge is -2.25. The molecule has 1 aliphatic rings. The molecule has 0 unspecified atom stereocenters. The van der Waals surface area contributed by atoms with Crippen LogP contribution in [0.3, 0.4) is 0 Å². The van der Waals surface area contributed by atoms with Crippen LogP contribution in [0.5, 0.6) is 0 Å². The van der Waals surface area contributed by atoms with E-state index in [-0.39, 0.29) is 22.9 Å². The maximum Gasteiger partial charge on any atom is 0.433 e. The van der Waals surface area contributed by atoms with Crippen LogP contribution in [0.4, 0.5) is 13.2 Å². The molecule has 1 saturated heterocycles. The number of amides is 1. The number of benzene rings is 1. The van der Waals surface area contributed by atoms with Crippen LogP contribution in [0.15, 0.2) is 42.5 Å². The average Bonchev–Trinajstić information content (AvgIpc) is 3.11. The molecule has 2 aromatic heterocycles. The Morgan fingerprint density at radius 2 is 1.70 bits per heavy atom. The van der Waals surface area contributed by atoms with Gasteiger partial charge in [0, 0.05) is 24.7 Å². The Hall–Kier alpha value is -2.90. The van der Waals surface area contributed by atoms with Crippen LogP contribution in [-0.2, 0) is 6.18 Å². The second-order valence-corrected chi connectivity index (χ2v) is 6.54. The van der Waals surface area contributed by atoms with Gasteiger partial charge in [0.2, 0.25) is 0 Å². The van der Waals surface area contributed by atoms with Crippen molar-refractivity contribution in [3.05, 3.63) is 53.9 Å². The predicted molar refractivity (Wildman–Crippen MR) is 93.2 cm³/mol. The molecular formula is C19H17F3N4O. The van der Waals surface area contributed by atoms with E-state index in [0.717, 1.165) is 25.3 Å². The van der Waals surface area contributed by atoms with Crippen LogP contribution in [0.2, 0.25) is 0 Å². The van der Waals surface area contributed by atoms with Crippen LogP contribution >= 0.6 is 0 Å². The van der Waals surface area contributed by atoms with E-state index in [1.165, 1.54) is 6.07 Å². The van der Waals surface area contributed by atoms with Crippen molar-refractivity contribution in [2.75, 3.05) is 13.1 Å². The predicted octanol–water partition coefficient (Wildman–Crippen LogP) is 4.04. The lowest BCUT2D eigenvalue weighted by molar-refractivity contribution is -0.142. The Morgan fingerprint density at radius 1 is 1.00 bits per heavy atom. The third kappa shape index (κ3) is 3.39. The summed E-state index contributed by atoms with van der Waals surface area (Å²) >= 11 is 0. The minimum Gasteiger partial charge on any atom is -0.337 e. The zero-order chi connectivity index (χ0) is 19.0. The van der Waals surface area contributed by atoms with Gasteiger partial charge >= 0.3 is 6.18 Å². The fourth-order valence-corrected chi connectivity index (χ4v) is 3.30. The van der Waals surface area contributed by atoms with E-state index >= 15 is 0 Å². The van der Waals surface area contributed by atoms with E-state index in [0.29, 0.717) is 23.2 Å². The molecule has 0 bridgehead atoms. The van der Waals surface area contributed by atoms with Crippen molar-refractivity contribution < 1.29 is 18.0 Å². The normalized spacial score (nSPS) is 15.3. The maximum absolute atomic E-state index is 13.6. The van der Waals surface area contributed by atoms with Gasteiger partial charge in [0.25, 0.3) is 5.91 Å². The van der Waals surface area contributed by atoms with Gasteiger partial charge < -0.3 is 4.90 Å². The SMILES string of the molecule is O=C(c1cc2nc(-c3ccccc3)cc(C(F)(F)F)n2n1)N1CCCCC1. The number of fused-ring (bicyclic) bond motifs is 1. The molecule has 1 aromatic carbocycles. The van der Waals surface area contributed by atoms with Crippen molar-refractivity contribution in [3.8, 4) is 11.3 Å². The van der Waals surface area contributed by atoms with E-state index < -0.39 is 11.9 Å². The quantitative estimate of drug-likeness (QED) is 0.680. The molecule has 4 rings (SSSR count). The molecule has 3 heterocycles. The highest BCUT2D eigenvalue weighted by Crippen LogP contribution is 2.32. The van der Waals surface area contributed by atoms with Gasteiger partial charge in [-0.05, 0) is 25.3 Å². The number of carbonyl (C=O) groups is 1. The van der Waals surface area contributed by atoms with E-state index in [1.54, 1.807) is 35.2 Å². The minimum atomic E-state index is -4.62. The summed E-state index contributed by atoms with van der Waals surface area (Å²) in [5.41, 5.74) is -0.212. The molecule has 0 N–H and O–H groups in total. The molecule has 5 nitrogen and oxygen atoms in total. The van der Waals surface area contributed by atoms with Crippen LogP contribution in [0, 0.1) is 0 Å². The maximum atomic E-state index is 13.6. The van der Waals surface area contributed by atoms with Crippen molar-refractivity contribution >= 4 is 11.6 Å². The van der Waals surface area contributed by atoms with E-state index in [2.05, 4.69) is 10.1 Å². The number of piperidine rings is 1. The number of hydrogen-bond donors (Lipinski definition) is 0. The summed E-state index contributed by atoms with van der Waals surface area (Å²) in [5.74, 6) is -0.352. The number of nitrogens with zero attached hydrogens (tertiary/aromatic N) is 4. The molecule has 140 valence electrons. The molecule has 8 heteroatoms. The summed E-state index contributed by atoms with van der Waals surface area (Å²) in [4.78, 5) is 18.6. The van der Waals surface area contributed by atoms with Crippen LogP contribution in [0.25, 0.3) is 16.9 Å². The Balaban J connectivity index is 1.82. The Bertz CT molecular complexity index is 976. The fourth-order valence-electron chi connectivity index (χ4n) is 3.30. The van der Waals surface area contributed by atoms with Gasteiger partial charge in [-0.2, -0.15) is 18.3 Å². The fraction of sp³-hybridized carbons (Fsp3) is 0.316. The third-order valence-electron chi connectivity index (χ3n) is 4.65. The molecule has 0 aliphatic carbocycles. The number of likely N-dealkylation sites (tertiary alicyclic amines) is 1. The number of aromatic nitrogens is 3. The van der Waals surface area contributed by atoms with Crippen LogP contribution in [0.1, 0.15) is 35.4 Å². The van der Waals surface area contributed by atoms with Gasteiger partial charge in [-0.25, -0.2) is 9.50 Å². The Morgan fingerprint density at radius 3 is 2.37 bits per heavy atom. The van der Waals surface area contributed by atoms with Crippen molar-refractivity contribution in [3.63, 3.8) is 0 Å². The summed E-state index contributed by atoms with van der Waals surface area (Å²) in [5, 5.41) is 3.93. The third-order valence-corrected chi connectivity index (χ3v) is 4.65. The highest BCUT2D eigenvalue weighted by atomic mass is 19.4. The van der Waals surface area contributed by atoms with Gasteiger partial charge in [-0.3, -0.25) is 4.79 Å². The van der Waals surface area contributed by atoms with Crippen molar-refractivity contribution in [2.45, 2.75) is 25.4 Å². The first kappa shape index (κ1) is 17.5. The zero-order valence-electron chi connectivity index (χ0n) is 14.4. The average molecular weight is 374 g/mol. The highest BCUT2D eigenvalue weighted by Gasteiger charge is 2.36. The minimum absolute atomic E-state index is 0.00374. The van der Waals surface area contributed by atoms with Crippen molar-refractivity contribution in [1.82, 2.24) is 19.5 Å². The number of carbonyl (C=O) groups excluding carboxylic acids is 1. The van der Waals surface area contributed by atoms with Crippen molar-refractivity contribution in [2.24, 2.45) is 0 Å². The largest absolute Gasteiger partial charge is 0.433 e. The molecule has 0 spiro atoms. The van der Waals surface area contributed by atoms with Crippen LogP contribution < -0.4 is 0 Å². The smallest absolute Gasteiger partial charge is 0.337 e. The van der Waals surface area contributed by atoms with E-state index in [4.69, 9.17) is 0 Å². The second kappa shape index (κ2) is 6.68. The van der Waals surface area contributed by atoms with Gasteiger partial charge in [0.05, 0.1) is 5.69 Å². The molecule has 0 saturated carbocycles. The van der Waals surface area contributed by atoms with Gasteiger partial charge in [0.15, 0.2) is 17.0 Å². The molecule has 1 amide bonds.